The van der Waals surface area contributed by atoms with Gasteiger partial charge in [-0.3, -0.25) is 0 Å². The molecule has 1 N–H and O–H groups in total. The van der Waals surface area contributed by atoms with Gasteiger partial charge in [-0.1, -0.05) is 0 Å². The average Bonchev–Trinajstić information content (AvgIpc) is 2.30. The van der Waals surface area contributed by atoms with Crippen LogP contribution in [0.25, 0.3) is 0 Å². The van der Waals surface area contributed by atoms with Crippen molar-refractivity contribution in [2.45, 2.75) is 17.9 Å². The third-order valence-electron chi connectivity index (χ3n) is 2.86. The zero-order valence-electron chi connectivity index (χ0n) is 9.97. The van der Waals surface area contributed by atoms with Crippen molar-refractivity contribution in [3.05, 3.63) is 30.1 Å². The Balaban J connectivity index is 0.00000162. The van der Waals surface area contributed by atoms with Crippen molar-refractivity contribution in [2.75, 3.05) is 19.6 Å². The highest BCUT2D eigenvalue weighted by atomic mass is 35.5. The summed E-state index contributed by atoms with van der Waals surface area (Å²) in [6.45, 7) is 3.58. The summed E-state index contributed by atoms with van der Waals surface area (Å²) < 4.78 is 38.8. The molecule has 1 aliphatic heterocycles. The van der Waals surface area contributed by atoms with Crippen LogP contribution in [-0.4, -0.2) is 38.4 Å². The van der Waals surface area contributed by atoms with Crippen LogP contribution in [0.5, 0.6) is 0 Å². The van der Waals surface area contributed by atoms with Gasteiger partial charge in [0, 0.05) is 25.7 Å². The fraction of sp³-hybridized carbons (Fsp3) is 0.455. The summed E-state index contributed by atoms with van der Waals surface area (Å²) in [5.74, 6) is -0.433. The van der Waals surface area contributed by atoms with E-state index in [1.54, 1.807) is 0 Å². The molecule has 0 amide bonds. The second-order valence-electron chi connectivity index (χ2n) is 4.12. The van der Waals surface area contributed by atoms with E-state index >= 15 is 0 Å². The summed E-state index contributed by atoms with van der Waals surface area (Å²) in [5.41, 5.74) is 0. The van der Waals surface area contributed by atoms with Crippen molar-refractivity contribution in [1.82, 2.24) is 9.62 Å². The Morgan fingerprint density at radius 3 is 2.50 bits per heavy atom. The molecular weight excluding hydrogens is 279 g/mol. The Hall–Kier alpha value is -0.690. The number of benzene rings is 1. The highest BCUT2D eigenvalue weighted by Gasteiger charge is 2.30. The van der Waals surface area contributed by atoms with Crippen LogP contribution in [0.15, 0.2) is 29.2 Å². The zero-order valence-corrected chi connectivity index (χ0v) is 11.6. The smallest absolute Gasteiger partial charge is 0.243 e. The minimum absolute atomic E-state index is 0. The zero-order chi connectivity index (χ0) is 12.5. The van der Waals surface area contributed by atoms with Crippen molar-refractivity contribution in [2.24, 2.45) is 0 Å². The van der Waals surface area contributed by atoms with Gasteiger partial charge >= 0.3 is 0 Å². The first-order chi connectivity index (χ1) is 8.01. The minimum Gasteiger partial charge on any atom is -0.314 e. The lowest BCUT2D eigenvalue weighted by Crippen LogP contribution is -2.52. The van der Waals surface area contributed by atoms with Crippen molar-refractivity contribution in [3.63, 3.8) is 0 Å². The highest BCUT2D eigenvalue weighted by molar-refractivity contribution is 7.89. The molecule has 1 aromatic carbocycles. The molecule has 0 radical (unpaired) electrons. The summed E-state index contributed by atoms with van der Waals surface area (Å²) >= 11 is 0. The Morgan fingerprint density at radius 1 is 1.33 bits per heavy atom. The molecule has 7 heteroatoms. The predicted octanol–water partition coefficient (Wildman–Crippen LogP) is 1.23. The molecule has 18 heavy (non-hydrogen) atoms. The number of hydrogen-bond donors (Lipinski definition) is 1. The number of nitrogens with one attached hydrogen (secondary N) is 1. The van der Waals surface area contributed by atoms with Crippen LogP contribution in [0.4, 0.5) is 4.39 Å². The number of nitrogens with zero attached hydrogens (tertiary/aromatic N) is 1. The fourth-order valence-corrected chi connectivity index (χ4v) is 3.55. The van der Waals surface area contributed by atoms with Crippen LogP contribution in [0.1, 0.15) is 6.92 Å². The van der Waals surface area contributed by atoms with Crippen molar-refractivity contribution in [1.29, 1.82) is 0 Å². The summed E-state index contributed by atoms with van der Waals surface area (Å²) in [4.78, 5) is 0.146. The van der Waals surface area contributed by atoms with Gasteiger partial charge in [0.05, 0.1) is 4.90 Å². The van der Waals surface area contributed by atoms with Crippen molar-refractivity contribution in [3.8, 4) is 0 Å². The van der Waals surface area contributed by atoms with Gasteiger partial charge in [-0.05, 0) is 31.2 Å². The summed E-state index contributed by atoms with van der Waals surface area (Å²) in [5, 5.41) is 3.13. The lowest BCUT2D eigenvalue weighted by molar-refractivity contribution is 0.284. The maximum Gasteiger partial charge on any atom is 0.243 e. The molecule has 0 aliphatic carbocycles. The van der Waals surface area contributed by atoms with E-state index in [1.165, 1.54) is 28.6 Å². The van der Waals surface area contributed by atoms with Crippen LogP contribution in [0.3, 0.4) is 0 Å². The van der Waals surface area contributed by atoms with Gasteiger partial charge in [0.15, 0.2) is 0 Å². The van der Waals surface area contributed by atoms with E-state index in [1.807, 2.05) is 6.92 Å². The molecule has 0 aromatic heterocycles. The molecule has 102 valence electrons. The first-order valence-corrected chi connectivity index (χ1v) is 6.94. The molecule has 0 spiro atoms. The molecule has 1 atom stereocenters. The Labute approximate surface area is 113 Å². The first-order valence-electron chi connectivity index (χ1n) is 5.50. The molecular formula is C11H16ClFN2O2S. The van der Waals surface area contributed by atoms with Gasteiger partial charge in [-0.15, -0.1) is 12.4 Å². The quantitative estimate of drug-likeness (QED) is 0.892. The SMILES string of the molecule is C[C@@H]1CNCCN1S(=O)(=O)c1ccc(F)cc1.Cl. The molecule has 1 aliphatic rings. The van der Waals surface area contributed by atoms with E-state index in [0.717, 1.165) is 0 Å². The van der Waals surface area contributed by atoms with Crippen LogP contribution in [0, 0.1) is 5.82 Å². The largest absolute Gasteiger partial charge is 0.314 e. The second kappa shape index (κ2) is 5.97. The number of sulfonamides is 1. The van der Waals surface area contributed by atoms with Gasteiger partial charge in [0.25, 0.3) is 0 Å². The summed E-state index contributed by atoms with van der Waals surface area (Å²) in [6.07, 6.45) is 0. The summed E-state index contributed by atoms with van der Waals surface area (Å²) in [6, 6.07) is 4.86. The topological polar surface area (TPSA) is 49.4 Å². The standard InChI is InChI=1S/C11H15FN2O2S.ClH/c1-9-8-13-6-7-14(9)17(15,16)11-4-2-10(12)3-5-11;/h2-5,9,13H,6-8H2,1H3;1H/t9-;/m1./s1. The third-order valence-corrected chi connectivity index (χ3v) is 4.89. The Morgan fingerprint density at radius 2 is 1.94 bits per heavy atom. The van der Waals surface area contributed by atoms with E-state index in [4.69, 9.17) is 0 Å². The molecule has 1 saturated heterocycles. The van der Waals surface area contributed by atoms with Crippen molar-refractivity contribution < 1.29 is 12.8 Å². The van der Waals surface area contributed by atoms with E-state index in [2.05, 4.69) is 5.32 Å². The lowest BCUT2D eigenvalue weighted by Gasteiger charge is -2.32. The molecule has 4 nitrogen and oxygen atoms in total. The molecule has 0 saturated carbocycles. The van der Waals surface area contributed by atoms with Crippen LogP contribution >= 0.6 is 12.4 Å². The lowest BCUT2D eigenvalue weighted by atomic mass is 10.3. The molecule has 2 rings (SSSR count). The van der Waals surface area contributed by atoms with E-state index < -0.39 is 15.8 Å². The van der Waals surface area contributed by atoms with Gasteiger partial charge in [0.2, 0.25) is 10.0 Å². The Bertz CT molecular complexity index is 492. The molecule has 1 aromatic rings. The van der Waals surface area contributed by atoms with Crippen LogP contribution in [0.2, 0.25) is 0 Å². The highest BCUT2D eigenvalue weighted by Crippen LogP contribution is 2.19. The maximum atomic E-state index is 12.8. The molecule has 1 heterocycles. The normalized spacial score (nSPS) is 21.3. The fourth-order valence-electron chi connectivity index (χ4n) is 1.92. The molecule has 0 bridgehead atoms. The number of rotatable bonds is 2. The van der Waals surface area contributed by atoms with Gasteiger partial charge in [-0.25, -0.2) is 12.8 Å². The van der Waals surface area contributed by atoms with E-state index in [0.29, 0.717) is 19.6 Å². The number of halogens is 2. The molecule has 0 unspecified atom stereocenters. The maximum absolute atomic E-state index is 12.8. The van der Waals surface area contributed by atoms with Crippen LogP contribution in [-0.2, 0) is 10.0 Å². The third kappa shape index (κ3) is 3.00. The average molecular weight is 295 g/mol. The van der Waals surface area contributed by atoms with Gasteiger partial charge in [-0.2, -0.15) is 4.31 Å². The first kappa shape index (κ1) is 15.4. The van der Waals surface area contributed by atoms with Crippen molar-refractivity contribution >= 4 is 22.4 Å². The van der Waals surface area contributed by atoms with Crippen LogP contribution < -0.4 is 5.32 Å². The predicted molar refractivity (Wildman–Crippen MR) is 69.9 cm³/mol. The Kier molecular flexibility index (Phi) is 5.10. The van der Waals surface area contributed by atoms with Gasteiger partial charge in [0.1, 0.15) is 5.82 Å². The number of piperazine rings is 1. The van der Waals surface area contributed by atoms with Gasteiger partial charge < -0.3 is 5.32 Å². The second-order valence-corrected chi connectivity index (χ2v) is 6.01. The summed E-state index contributed by atoms with van der Waals surface area (Å²) in [7, 11) is -3.50. The monoisotopic (exact) mass is 294 g/mol. The number of hydrogen-bond acceptors (Lipinski definition) is 3. The minimum atomic E-state index is -3.50. The molecule has 1 fully saturated rings. The van der Waals surface area contributed by atoms with E-state index in [9.17, 15) is 12.8 Å². The van der Waals surface area contributed by atoms with E-state index in [-0.39, 0.29) is 23.3 Å².